The third-order valence-electron chi connectivity index (χ3n) is 3.29. The van der Waals surface area contributed by atoms with Gasteiger partial charge in [-0.1, -0.05) is 13.8 Å². The first-order valence-electron chi connectivity index (χ1n) is 5.28. The summed E-state index contributed by atoms with van der Waals surface area (Å²) in [6.07, 6.45) is 0.887. The van der Waals surface area contributed by atoms with E-state index < -0.39 is 15.3 Å². The van der Waals surface area contributed by atoms with Crippen LogP contribution in [0.25, 0.3) is 0 Å². The Kier molecular flexibility index (Phi) is 3.74. The van der Waals surface area contributed by atoms with Gasteiger partial charge >= 0.3 is 0 Å². The zero-order valence-electron chi connectivity index (χ0n) is 9.47. The summed E-state index contributed by atoms with van der Waals surface area (Å²) < 4.78 is 25.2. The summed E-state index contributed by atoms with van der Waals surface area (Å²) in [5.74, 6) is 0.938. The largest absolute Gasteiger partial charge is 0.230 e. The number of piperidine rings is 1. The summed E-state index contributed by atoms with van der Waals surface area (Å²) in [6, 6.07) is 1.80. The predicted octanol–water partition coefficient (Wildman–Crippen LogP) is 1.21. The normalized spacial score (nSPS) is 30.8. The molecular formula is C10H18N2O2S. The van der Waals surface area contributed by atoms with Gasteiger partial charge in [-0.2, -0.15) is 5.26 Å². The first-order valence-corrected chi connectivity index (χ1v) is 6.78. The number of hydrogen-bond donors (Lipinski definition) is 0. The molecule has 1 aliphatic heterocycles. The summed E-state index contributed by atoms with van der Waals surface area (Å²) in [4.78, 5) is 0. The Balaban J connectivity index is 2.79. The summed E-state index contributed by atoms with van der Waals surface area (Å²) in [5.41, 5.74) is 0. The highest BCUT2D eigenvalue weighted by Crippen LogP contribution is 2.25. The lowest BCUT2D eigenvalue weighted by molar-refractivity contribution is 0.212. The number of rotatable bonds is 2. The first kappa shape index (κ1) is 12.5. The van der Waals surface area contributed by atoms with E-state index in [-0.39, 0.29) is 0 Å². The van der Waals surface area contributed by atoms with Crippen molar-refractivity contribution in [3.63, 3.8) is 0 Å². The van der Waals surface area contributed by atoms with Crippen molar-refractivity contribution in [3.05, 3.63) is 0 Å². The molecule has 0 amide bonds. The van der Waals surface area contributed by atoms with E-state index in [9.17, 15) is 8.42 Å². The molecule has 0 aromatic carbocycles. The fourth-order valence-electron chi connectivity index (χ4n) is 1.75. The Labute approximate surface area is 91.9 Å². The maximum absolute atomic E-state index is 11.9. The van der Waals surface area contributed by atoms with Gasteiger partial charge in [0.1, 0.15) is 0 Å². The number of sulfonamides is 1. The van der Waals surface area contributed by atoms with Crippen molar-refractivity contribution >= 4 is 10.0 Å². The van der Waals surface area contributed by atoms with E-state index in [0.29, 0.717) is 24.9 Å². The van der Waals surface area contributed by atoms with Crippen LogP contribution < -0.4 is 0 Å². The topological polar surface area (TPSA) is 61.2 Å². The van der Waals surface area contributed by atoms with Gasteiger partial charge in [0.15, 0.2) is 5.25 Å². The van der Waals surface area contributed by atoms with Crippen LogP contribution >= 0.6 is 0 Å². The van der Waals surface area contributed by atoms with Gasteiger partial charge in [0.25, 0.3) is 0 Å². The molecule has 3 unspecified atom stereocenters. The van der Waals surface area contributed by atoms with Crippen LogP contribution in [0.5, 0.6) is 0 Å². The summed E-state index contributed by atoms with van der Waals surface area (Å²) in [6.45, 7) is 6.75. The quantitative estimate of drug-likeness (QED) is 0.716. The molecule has 4 nitrogen and oxygen atoms in total. The maximum atomic E-state index is 11.9. The Bertz CT molecular complexity index is 358. The average Bonchev–Trinajstić information content (AvgIpc) is 2.20. The molecule has 0 aliphatic carbocycles. The molecule has 1 rings (SSSR count). The molecule has 1 fully saturated rings. The minimum Gasteiger partial charge on any atom is -0.211 e. The Morgan fingerprint density at radius 1 is 1.40 bits per heavy atom. The third-order valence-corrected chi connectivity index (χ3v) is 5.34. The van der Waals surface area contributed by atoms with E-state index in [1.54, 1.807) is 6.07 Å². The minimum absolute atomic E-state index is 0.374. The van der Waals surface area contributed by atoms with Crippen LogP contribution in [0.3, 0.4) is 0 Å². The Morgan fingerprint density at radius 2 is 2.00 bits per heavy atom. The van der Waals surface area contributed by atoms with Crippen molar-refractivity contribution in [1.82, 2.24) is 4.31 Å². The monoisotopic (exact) mass is 230 g/mol. The molecule has 3 atom stereocenters. The number of nitriles is 1. The average molecular weight is 230 g/mol. The molecule has 0 bridgehead atoms. The molecule has 0 aromatic rings. The lowest BCUT2D eigenvalue weighted by Crippen LogP contribution is -2.45. The highest BCUT2D eigenvalue weighted by molar-refractivity contribution is 7.89. The molecule has 1 heterocycles. The Morgan fingerprint density at radius 3 is 2.47 bits per heavy atom. The summed E-state index contributed by atoms with van der Waals surface area (Å²) >= 11 is 0. The maximum Gasteiger partial charge on any atom is 0.230 e. The van der Waals surface area contributed by atoms with E-state index in [1.165, 1.54) is 11.2 Å². The van der Waals surface area contributed by atoms with Crippen LogP contribution in [-0.4, -0.2) is 31.1 Å². The second kappa shape index (κ2) is 4.50. The van der Waals surface area contributed by atoms with Crippen molar-refractivity contribution in [2.24, 2.45) is 11.8 Å². The molecular weight excluding hydrogens is 212 g/mol. The van der Waals surface area contributed by atoms with Crippen molar-refractivity contribution in [3.8, 4) is 6.07 Å². The second-order valence-electron chi connectivity index (χ2n) is 4.42. The number of hydrogen-bond acceptors (Lipinski definition) is 3. The Hall–Kier alpha value is -0.600. The van der Waals surface area contributed by atoms with Crippen LogP contribution in [-0.2, 0) is 10.0 Å². The molecule has 0 aromatic heterocycles. The zero-order chi connectivity index (χ0) is 11.6. The summed E-state index contributed by atoms with van der Waals surface area (Å²) in [5, 5.41) is 7.73. The van der Waals surface area contributed by atoms with E-state index in [2.05, 4.69) is 13.8 Å². The number of nitrogens with zero attached hydrogens (tertiary/aromatic N) is 2. The van der Waals surface area contributed by atoms with Crippen LogP contribution in [0.2, 0.25) is 0 Å². The van der Waals surface area contributed by atoms with Gasteiger partial charge in [-0.05, 0) is 25.2 Å². The third kappa shape index (κ3) is 2.50. The van der Waals surface area contributed by atoms with Crippen LogP contribution in [0.4, 0.5) is 0 Å². The SMILES string of the molecule is CC1CCN(S(=O)(=O)C(C)C#N)CC1C. The lowest BCUT2D eigenvalue weighted by atomic mass is 9.90. The molecule has 0 radical (unpaired) electrons. The van der Waals surface area contributed by atoms with E-state index in [0.717, 1.165) is 6.42 Å². The van der Waals surface area contributed by atoms with Gasteiger partial charge in [0, 0.05) is 13.1 Å². The first-order chi connectivity index (χ1) is 6.89. The fraction of sp³-hybridized carbons (Fsp3) is 0.900. The van der Waals surface area contributed by atoms with E-state index in [4.69, 9.17) is 5.26 Å². The molecule has 0 saturated carbocycles. The fourth-order valence-corrected chi connectivity index (χ4v) is 3.13. The van der Waals surface area contributed by atoms with E-state index in [1.807, 2.05) is 0 Å². The highest BCUT2D eigenvalue weighted by Gasteiger charge is 2.33. The van der Waals surface area contributed by atoms with Crippen molar-refractivity contribution in [2.75, 3.05) is 13.1 Å². The smallest absolute Gasteiger partial charge is 0.211 e. The molecule has 1 aliphatic rings. The highest BCUT2D eigenvalue weighted by atomic mass is 32.2. The molecule has 86 valence electrons. The lowest BCUT2D eigenvalue weighted by Gasteiger charge is -2.34. The van der Waals surface area contributed by atoms with Gasteiger partial charge < -0.3 is 0 Å². The molecule has 5 heteroatoms. The standard InChI is InChI=1S/C10H18N2O2S/c1-8-4-5-12(7-9(8)2)15(13,14)10(3)6-11/h8-10H,4-5,7H2,1-3H3. The van der Waals surface area contributed by atoms with Gasteiger partial charge in [-0.25, -0.2) is 12.7 Å². The van der Waals surface area contributed by atoms with Crippen molar-refractivity contribution in [2.45, 2.75) is 32.4 Å². The van der Waals surface area contributed by atoms with Gasteiger partial charge in [-0.3, -0.25) is 0 Å². The van der Waals surface area contributed by atoms with Crippen molar-refractivity contribution < 1.29 is 8.42 Å². The molecule has 15 heavy (non-hydrogen) atoms. The molecule has 0 spiro atoms. The zero-order valence-corrected chi connectivity index (χ0v) is 10.3. The van der Waals surface area contributed by atoms with Crippen molar-refractivity contribution in [1.29, 1.82) is 5.26 Å². The van der Waals surface area contributed by atoms with Gasteiger partial charge in [0.2, 0.25) is 10.0 Å². The van der Waals surface area contributed by atoms with Crippen LogP contribution in [0, 0.1) is 23.2 Å². The molecule has 1 saturated heterocycles. The van der Waals surface area contributed by atoms with Gasteiger partial charge in [0.05, 0.1) is 6.07 Å². The predicted molar refractivity (Wildman–Crippen MR) is 58.5 cm³/mol. The van der Waals surface area contributed by atoms with Gasteiger partial charge in [-0.15, -0.1) is 0 Å². The van der Waals surface area contributed by atoms with Crippen LogP contribution in [0.1, 0.15) is 27.2 Å². The molecule has 0 N–H and O–H groups in total. The summed E-state index contributed by atoms with van der Waals surface area (Å²) in [7, 11) is -3.40. The minimum atomic E-state index is -3.40. The van der Waals surface area contributed by atoms with Crippen LogP contribution in [0.15, 0.2) is 0 Å². The van der Waals surface area contributed by atoms with E-state index >= 15 is 0 Å². The second-order valence-corrected chi connectivity index (χ2v) is 6.67.